The topological polar surface area (TPSA) is 77.4 Å². The first-order valence-electron chi connectivity index (χ1n) is 7.57. The maximum atomic E-state index is 10.4. The molecule has 0 saturated heterocycles. The fourth-order valence-corrected chi connectivity index (χ4v) is 2.70. The van der Waals surface area contributed by atoms with Gasteiger partial charge >= 0.3 is 29.6 Å². The molecule has 0 amide bonds. The average Bonchev–Trinajstić information content (AvgIpc) is 2.32. The number of aliphatic hydroxyl groups is 1. The van der Waals surface area contributed by atoms with E-state index < -0.39 is 10.1 Å². The van der Waals surface area contributed by atoms with Crippen LogP contribution in [0.15, 0.2) is 0 Å². The van der Waals surface area contributed by atoms with Gasteiger partial charge in [0, 0.05) is 5.75 Å². The molecule has 0 aliphatic heterocycles. The zero-order chi connectivity index (χ0) is 14.6. The summed E-state index contributed by atoms with van der Waals surface area (Å²) in [6.07, 6.45) is 10.5. The minimum atomic E-state index is -4.05. The first kappa shape index (κ1) is 23.1. The molecule has 1 atom stereocenters. The van der Waals surface area contributed by atoms with Crippen molar-refractivity contribution in [2.45, 2.75) is 83.7 Å². The smallest absolute Gasteiger partial charge is 0.748 e. The molecule has 1 unspecified atom stereocenters. The molecule has 0 heterocycles. The Morgan fingerprint density at radius 1 is 0.900 bits per heavy atom. The summed E-state index contributed by atoms with van der Waals surface area (Å²) >= 11 is 0. The van der Waals surface area contributed by atoms with Crippen molar-refractivity contribution in [3.05, 3.63) is 0 Å². The van der Waals surface area contributed by atoms with Gasteiger partial charge in [0.05, 0.1) is 16.2 Å². The van der Waals surface area contributed by atoms with Crippen LogP contribution < -0.4 is 29.6 Å². The van der Waals surface area contributed by atoms with Crippen LogP contribution in [0, 0.1) is 0 Å². The summed E-state index contributed by atoms with van der Waals surface area (Å²) in [6, 6.07) is 0. The van der Waals surface area contributed by atoms with Crippen molar-refractivity contribution >= 4 is 10.1 Å². The van der Waals surface area contributed by atoms with Crippen LogP contribution in [0.1, 0.15) is 77.6 Å². The summed E-state index contributed by atoms with van der Waals surface area (Å²) in [7, 11) is -4.05. The Labute approximate surface area is 146 Å². The number of rotatable bonds is 13. The zero-order valence-electron chi connectivity index (χ0n) is 13.1. The van der Waals surface area contributed by atoms with Crippen LogP contribution in [-0.4, -0.2) is 29.9 Å². The average molecular weight is 316 g/mol. The SMILES string of the molecule is CCCCCCCC(O)CCCCCCS(=O)(=O)[O-].[Na+]. The van der Waals surface area contributed by atoms with Crippen molar-refractivity contribution < 1.29 is 47.6 Å². The van der Waals surface area contributed by atoms with Gasteiger partial charge in [0.15, 0.2) is 0 Å². The van der Waals surface area contributed by atoms with Crippen molar-refractivity contribution in [3.8, 4) is 0 Å². The van der Waals surface area contributed by atoms with Crippen LogP contribution >= 0.6 is 0 Å². The van der Waals surface area contributed by atoms with E-state index in [-0.39, 0.29) is 41.4 Å². The summed E-state index contributed by atoms with van der Waals surface area (Å²) in [5, 5.41) is 9.75. The summed E-state index contributed by atoms with van der Waals surface area (Å²) < 4.78 is 31.1. The summed E-state index contributed by atoms with van der Waals surface area (Å²) in [5.41, 5.74) is 0. The molecular formula is C14H29NaO4S. The molecule has 1 N–H and O–H groups in total. The predicted molar refractivity (Wildman–Crippen MR) is 77.0 cm³/mol. The van der Waals surface area contributed by atoms with Gasteiger partial charge in [0.2, 0.25) is 0 Å². The Hall–Kier alpha value is 0.870. The first-order chi connectivity index (χ1) is 8.95. The largest absolute Gasteiger partial charge is 1.00 e. The predicted octanol–water partition coefficient (Wildman–Crippen LogP) is 0.208. The van der Waals surface area contributed by atoms with Crippen LogP contribution in [-0.2, 0) is 10.1 Å². The number of unbranched alkanes of at least 4 members (excludes halogenated alkanes) is 7. The first-order valence-corrected chi connectivity index (χ1v) is 9.15. The van der Waals surface area contributed by atoms with Gasteiger partial charge in [0.1, 0.15) is 0 Å². The molecule has 20 heavy (non-hydrogen) atoms. The monoisotopic (exact) mass is 316 g/mol. The molecule has 0 aliphatic rings. The van der Waals surface area contributed by atoms with Crippen LogP contribution in [0.4, 0.5) is 0 Å². The van der Waals surface area contributed by atoms with Crippen LogP contribution in [0.2, 0.25) is 0 Å². The third-order valence-corrected chi connectivity index (χ3v) is 4.11. The van der Waals surface area contributed by atoms with Crippen LogP contribution in [0.3, 0.4) is 0 Å². The van der Waals surface area contributed by atoms with Crippen molar-refractivity contribution in [1.29, 1.82) is 0 Å². The van der Waals surface area contributed by atoms with Crippen LogP contribution in [0.25, 0.3) is 0 Å². The fourth-order valence-electron chi connectivity index (χ4n) is 2.14. The second-order valence-corrected chi connectivity index (χ2v) is 6.85. The Bertz CT molecular complexity index is 294. The number of hydrogen-bond acceptors (Lipinski definition) is 4. The second-order valence-electron chi connectivity index (χ2n) is 5.32. The van der Waals surface area contributed by atoms with Gasteiger partial charge < -0.3 is 9.66 Å². The molecule has 4 nitrogen and oxygen atoms in total. The summed E-state index contributed by atoms with van der Waals surface area (Å²) in [5.74, 6) is -0.257. The van der Waals surface area contributed by atoms with Gasteiger partial charge in [-0.1, -0.05) is 58.3 Å². The van der Waals surface area contributed by atoms with Gasteiger partial charge in [-0.05, 0) is 19.3 Å². The van der Waals surface area contributed by atoms with E-state index in [0.29, 0.717) is 6.42 Å². The van der Waals surface area contributed by atoms with E-state index in [9.17, 15) is 18.1 Å². The fraction of sp³-hybridized carbons (Fsp3) is 1.00. The van der Waals surface area contributed by atoms with Crippen molar-refractivity contribution in [3.63, 3.8) is 0 Å². The molecule has 0 aliphatic carbocycles. The Kier molecular flexibility index (Phi) is 17.1. The Morgan fingerprint density at radius 3 is 1.80 bits per heavy atom. The van der Waals surface area contributed by atoms with E-state index in [2.05, 4.69) is 6.92 Å². The summed E-state index contributed by atoms with van der Waals surface area (Å²) in [6.45, 7) is 2.19. The molecular weight excluding hydrogens is 287 g/mol. The van der Waals surface area contributed by atoms with Crippen LogP contribution in [0.5, 0.6) is 0 Å². The van der Waals surface area contributed by atoms with Gasteiger partial charge in [-0.2, -0.15) is 0 Å². The zero-order valence-corrected chi connectivity index (χ0v) is 16.0. The normalized spacial score (nSPS) is 12.9. The van der Waals surface area contributed by atoms with E-state index >= 15 is 0 Å². The van der Waals surface area contributed by atoms with Crippen molar-refractivity contribution in [2.24, 2.45) is 0 Å². The van der Waals surface area contributed by atoms with Crippen molar-refractivity contribution in [2.75, 3.05) is 5.75 Å². The molecule has 0 fully saturated rings. The number of hydrogen-bond donors (Lipinski definition) is 1. The third-order valence-electron chi connectivity index (χ3n) is 3.32. The standard InChI is InChI=1S/C14H30O4S.Na/c1-2-3-4-5-8-11-14(15)12-9-6-7-10-13-19(16,17)18;/h14-15H,2-13H2,1H3,(H,16,17,18);/q;+1/p-1. The van der Waals surface area contributed by atoms with Gasteiger partial charge in [-0.3, -0.25) is 0 Å². The molecule has 0 radical (unpaired) electrons. The molecule has 0 saturated carbocycles. The Morgan fingerprint density at radius 2 is 1.35 bits per heavy atom. The third kappa shape index (κ3) is 18.9. The van der Waals surface area contributed by atoms with E-state index in [4.69, 9.17) is 0 Å². The molecule has 0 aromatic carbocycles. The van der Waals surface area contributed by atoms with Crippen molar-refractivity contribution in [1.82, 2.24) is 0 Å². The summed E-state index contributed by atoms with van der Waals surface area (Å²) in [4.78, 5) is 0. The molecule has 0 spiro atoms. The Balaban J connectivity index is 0. The second kappa shape index (κ2) is 14.8. The minimum absolute atomic E-state index is 0. The van der Waals surface area contributed by atoms with E-state index in [1.54, 1.807) is 0 Å². The quantitative estimate of drug-likeness (QED) is 0.299. The maximum Gasteiger partial charge on any atom is 1.00 e. The molecule has 6 heteroatoms. The molecule has 0 rings (SSSR count). The molecule has 0 aromatic heterocycles. The van der Waals surface area contributed by atoms with E-state index in [1.807, 2.05) is 0 Å². The number of aliphatic hydroxyl groups excluding tert-OH is 1. The maximum absolute atomic E-state index is 10.4. The van der Waals surface area contributed by atoms with Gasteiger partial charge in [-0.25, -0.2) is 8.42 Å². The molecule has 116 valence electrons. The van der Waals surface area contributed by atoms with Gasteiger partial charge in [0.25, 0.3) is 0 Å². The minimum Gasteiger partial charge on any atom is -0.748 e. The van der Waals surface area contributed by atoms with E-state index in [0.717, 1.165) is 38.5 Å². The van der Waals surface area contributed by atoms with Gasteiger partial charge in [-0.15, -0.1) is 0 Å². The van der Waals surface area contributed by atoms with E-state index in [1.165, 1.54) is 25.7 Å². The molecule has 0 aromatic rings. The molecule has 0 bridgehead atoms.